The fourth-order valence-corrected chi connectivity index (χ4v) is 3.95. The molecule has 4 rings (SSSR count). The first-order valence-electron chi connectivity index (χ1n) is 7.68. The summed E-state index contributed by atoms with van der Waals surface area (Å²) >= 11 is 1.57. The van der Waals surface area contributed by atoms with Crippen LogP contribution in [0.2, 0.25) is 0 Å². The van der Waals surface area contributed by atoms with Gasteiger partial charge in [-0.1, -0.05) is 18.2 Å². The summed E-state index contributed by atoms with van der Waals surface area (Å²) in [5, 5.41) is 2.91. The first-order chi connectivity index (χ1) is 11.7. The maximum Gasteiger partial charge on any atom is 0.252 e. The molecule has 6 heteroatoms. The molecule has 0 radical (unpaired) electrons. The van der Waals surface area contributed by atoms with E-state index in [9.17, 15) is 9.59 Å². The number of hydrogen-bond donors (Lipinski definition) is 1. The number of benzene rings is 2. The Hall–Kier alpha value is -2.47. The number of Topliss-reactive ketones (excluding diaryl/α,β-unsaturated/α-hetero) is 1. The van der Waals surface area contributed by atoms with Gasteiger partial charge in [0.1, 0.15) is 0 Å². The topological polar surface area (TPSA) is 64.6 Å². The summed E-state index contributed by atoms with van der Waals surface area (Å²) in [6, 6.07) is 10.9. The molecule has 0 aliphatic carbocycles. The number of rotatable bonds is 3. The quantitative estimate of drug-likeness (QED) is 0.930. The molecule has 0 fully saturated rings. The first-order valence-corrected chi connectivity index (χ1v) is 8.66. The monoisotopic (exact) mass is 341 g/mol. The molecule has 5 nitrogen and oxygen atoms in total. The van der Waals surface area contributed by atoms with Crippen molar-refractivity contribution in [3.8, 4) is 11.5 Å². The predicted octanol–water partition coefficient (Wildman–Crippen LogP) is 3.02. The molecule has 2 aliphatic heterocycles. The summed E-state index contributed by atoms with van der Waals surface area (Å²) in [5.41, 5.74) is 2.15. The van der Waals surface area contributed by atoms with Crippen molar-refractivity contribution >= 4 is 23.5 Å². The van der Waals surface area contributed by atoms with Gasteiger partial charge in [-0.3, -0.25) is 9.59 Å². The van der Waals surface area contributed by atoms with Gasteiger partial charge < -0.3 is 14.8 Å². The summed E-state index contributed by atoms with van der Waals surface area (Å²) in [5.74, 6) is 2.07. The Morgan fingerprint density at radius 3 is 2.96 bits per heavy atom. The van der Waals surface area contributed by atoms with E-state index >= 15 is 0 Å². The van der Waals surface area contributed by atoms with Gasteiger partial charge in [0.15, 0.2) is 17.3 Å². The van der Waals surface area contributed by atoms with Crippen LogP contribution in [0.1, 0.15) is 32.7 Å². The van der Waals surface area contributed by atoms with Crippen LogP contribution in [0.15, 0.2) is 41.3 Å². The third-order valence-corrected chi connectivity index (χ3v) is 5.16. The molecule has 0 aromatic heterocycles. The molecule has 0 bridgehead atoms. The zero-order valence-electron chi connectivity index (χ0n) is 12.8. The van der Waals surface area contributed by atoms with Crippen molar-refractivity contribution in [2.24, 2.45) is 0 Å². The fourth-order valence-electron chi connectivity index (χ4n) is 2.80. The van der Waals surface area contributed by atoms with Gasteiger partial charge >= 0.3 is 0 Å². The van der Waals surface area contributed by atoms with Gasteiger partial charge in [0.25, 0.3) is 5.91 Å². The van der Waals surface area contributed by atoms with Crippen molar-refractivity contribution in [1.82, 2.24) is 5.32 Å². The number of hydrogen-bond acceptors (Lipinski definition) is 5. The summed E-state index contributed by atoms with van der Waals surface area (Å²) in [6.07, 6.45) is 0.528. The Balaban J connectivity index is 1.51. The summed E-state index contributed by atoms with van der Waals surface area (Å²) in [4.78, 5) is 25.3. The molecule has 1 amide bonds. The van der Waals surface area contributed by atoms with Crippen LogP contribution in [0, 0.1) is 0 Å². The van der Waals surface area contributed by atoms with E-state index in [4.69, 9.17) is 9.47 Å². The summed E-state index contributed by atoms with van der Waals surface area (Å²) in [6.45, 7) is 0.615. The second-order valence-electron chi connectivity index (χ2n) is 5.57. The van der Waals surface area contributed by atoms with Crippen molar-refractivity contribution in [2.75, 3.05) is 12.5 Å². The molecule has 2 aromatic rings. The molecule has 0 unspecified atom stereocenters. The van der Waals surface area contributed by atoms with Crippen LogP contribution in [-0.2, 0) is 6.54 Å². The van der Waals surface area contributed by atoms with Crippen LogP contribution < -0.4 is 14.8 Å². The predicted molar refractivity (Wildman–Crippen MR) is 89.8 cm³/mol. The van der Waals surface area contributed by atoms with Crippen molar-refractivity contribution < 1.29 is 19.1 Å². The van der Waals surface area contributed by atoms with Crippen molar-refractivity contribution in [3.63, 3.8) is 0 Å². The Morgan fingerprint density at radius 1 is 1.17 bits per heavy atom. The third kappa shape index (κ3) is 2.73. The van der Waals surface area contributed by atoms with E-state index in [1.165, 1.54) is 0 Å². The molecule has 1 N–H and O–H groups in total. The lowest BCUT2D eigenvalue weighted by Crippen LogP contribution is -2.24. The van der Waals surface area contributed by atoms with Gasteiger partial charge in [0.2, 0.25) is 6.79 Å². The number of fused-ring (bicyclic) bond motifs is 2. The largest absolute Gasteiger partial charge is 0.454 e. The molecule has 0 saturated heterocycles. The van der Waals surface area contributed by atoms with Gasteiger partial charge in [0.05, 0.1) is 5.56 Å². The number of ketones is 1. The molecule has 0 atom stereocenters. The van der Waals surface area contributed by atoms with Crippen molar-refractivity contribution in [2.45, 2.75) is 17.9 Å². The van der Waals surface area contributed by atoms with Gasteiger partial charge in [-0.05, 0) is 23.8 Å². The normalized spacial score (nSPS) is 15.1. The zero-order chi connectivity index (χ0) is 16.5. The Labute approximate surface area is 143 Å². The number of nitrogens with one attached hydrogen (secondary N) is 1. The van der Waals surface area contributed by atoms with Crippen LogP contribution in [-0.4, -0.2) is 24.2 Å². The lowest BCUT2D eigenvalue weighted by Gasteiger charge is -2.17. The molecule has 2 heterocycles. The third-order valence-electron chi connectivity index (χ3n) is 4.03. The minimum atomic E-state index is -0.174. The maximum absolute atomic E-state index is 12.5. The van der Waals surface area contributed by atoms with E-state index in [0.717, 1.165) is 22.0 Å². The number of carbonyl (C=O) groups is 2. The average molecular weight is 341 g/mol. The summed E-state index contributed by atoms with van der Waals surface area (Å²) < 4.78 is 10.6. The number of carbonyl (C=O) groups excluding carboxylic acids is 2. The first kappa shape index (κ1) is 15.1. The Kier molecular flexibility index (Phi) is 3.90. The van der Waals surface area contributed by atoms with E-state index in [2.05, 4.69) is 5.32 Å². The average Bonchev–Trinajstić information content (AvgIpc) is 3.07. The van der Waals surface area contributed by atoms with Crippen LogP contribution in [0.3, 0.4) is 0 Å². The van der Waals surface area contributed by atoms with Gasteiger partial charge in [0, 0.05) is 29.2 Å². The summed E-state index contributed by atoms with van der Waals surface area (Å²) in [7, 11) is 0. The highest BCUT2D eigenvalue weighted by atomic mass is 32.2. The second kappa shape index (κ2) is 6.20. The molecule has 24 heavy (non-hydrogen) atoms. The standard InChI is InChI=1S/C18H15NO4S/c20-14-6-7-24-17-12(14)2-1-3-13(17)18(21)19-9-11-4-5-15-16(8-11)23-10-22-15/h1-5,8H,6-7,9-10H2,(H,19,21). The highest BCUT2D eigenvalue weighted by Gasteiger charge is 2.23. The van der Waals surface area contributed by atoms with Gasteiger partial charge in [-0.2, -0.15) is 0 Å². The van der Waals surface area contributed by atoms with Gasteiger partial charge in [-0.25, -0.2) is 0 Å². The van der Waals surface area contributed by atoms with E-state index in [1.54, 1.807) is 30.0 Å². The molecule has 0 saturated carbocycles. The number of ether oxygens (including phenoxy) is 2. The zero-order valence-corrected chi connectivity index (χ0v) is 13.7. The highest BCUT2D eigenvalue weighted by molar-refractivity contribution is 7.99. The minimum Gasteiger partial charge on any atom is -0.454 e. The molecule has 2 aliphatic rings. The lowest BCUT2D eigenvalue weighted by molar-refractivity contribution is 0.0947. The van der Waals surface area contributed by atoms with Crippen LogP contribution in [0.25, 0.3) is 0 Å². The van der Waals surface area contributed by atoms with E-state index in [1.807, 2.05) is 18.2 Å². The van der Waals surface area contributed by atoms with E-state index in [0.29, 0.717) is 29.8 Å². The van der Waals surface area contributed by atoms with Gasteiger partial charge in [-0.15, -0.1) is 11.8 Å². The SMILES string of the molecule is O=C1CCSc2c1cccc2C(=O)NCc1ccc2c(c1)OCO2. The Morgan fingerprint density at radius 2 is 2.04 bits per heavy atom. The molecular weight excluding hydrogens is 326 g/mol. The van der Waals surface area contributed by atoms with Crippen molar-refractivity contribution in [3.05, 3.63) is 53.1 Å². The molecule has 0 spiro atoms. The maximum atomic E-state index is 12.5. The fraction of sp³-hybridized carbons (Fsp3) is 0.222. The van der Waals surface area contributed by atoms with E-state index in [-0.39, 0.29) is 18.5 Å². The van der Waals surface area contributed by atoms with Crippen LogP contribution in [0.5, 0.6) is 11.5 Å². The number of thioether (sulfide) groups is 1. The molecular formula is C18H15NO4S. The minimum absolute atomic E-state index is 0.106. The smallest absolute Gasteiger partial charge is 0.252 e. The highest BCUT2D eigenvalue weighted by Crippen LogP contribution is 2.34. The molecule has 2 aromatic carbocycles. The van der Waals surface area contributed by atoms with Crippen LogP contribution >= 0.6 is 11.8 Å². The second-order valence-corrected chi connectivity index (χ2v) is 6.68. The molecule has 122 valence electrons. The van der Waals surface area contributed by atoms with Crippen molar-refractivity contribution in [1.29, 1.82) is 0 Å². The van der Waals surface area contributed by atoms with Crippen LogP contribution in [0.4, 0.5) is 0 Å². The Bertz CT molecular complexity index is 834. The number of amides is 1. The lowest BCUT2D eigenvalue weighted by atomic mass is 10.0. The van der Waals surface area contributed by atoms with E-state index < -0.39 is 0 Å².